The Hall–Kier alpha value is -0.750. The van der Waals surface area contributed by atoms with Crippen molar-refractivity contribution in [3.05, 3.63) is 29.3 Å². The number of ether oxygens (including phenoxy) is 2. The quantitative estimate of drug-likeness (QED) is 0.550. The molecule has 2 rings (SSSR count). The second-order valence-corrected chi connectivity index (χ2v) is 6.93. The van der Waals surface area contributed by atoms with Crippen molar-refractivity contribution in [3.63, 3.8) is 0 Å². The van der Waals surface area contributed by atoms with Crippen LogP contribution in [-0.4, -0.2) is 25.0 Å². The number of halogens is 4. The fraction of sp³-hybridized carbons (Fsp3) is 0.600. The fourth-order valence-corrected chi connectivity index (χ4v) is 2.84. The molecule has 0 saturated heterocycles. The van der Waals surface area contributed by atoms with E-state index in [4.69, 9.17) is 4.74 Å². The summed E-state index contributed by atoms with van der Waals surface area (Å²) in [6.45, 7) is 2.93. The lowest BCUT2D eigenvalue weighted by Crippen LogP contribution is -2.24. The van der Waals surface area contributed by atoms with Gasteiger partial charge in [0.15, 0.2) is 0 Å². The van der Waals surface area contributed by atoms with Crippen molar-refractivity contribution < 1.29 is 22.6 Å². The third-order valence-electron chi connectivity index (χ3n) is 3.23. The van der Waals surface area contributed by atoms with E-state index in [9.17, 15) is 13.2 Å². The Bertz CT molecular complexity index is 500. The van der Waals surface area contributed by atoms with Gasteiger partial charge in [0, 0.05) is 17.9 Å². The minimum absolute atomic E-state index is 0.0280. The van der Waals surface area contributed by atoms with Crippen LogP contribution in [0.2, 0.25) is 0 Å². The highest BCUT2D eigenvalue weighted by Gasteiger charge is 2.30. The zero-order valence-corrected chi connectivity index (χ0v) is 13.6. The molecule has 2 nitrogen and oxygen atoms in total. The van der Waals surface area contributed by atoms with Gasteiger partial charge in [0.2, 0.25) is 0 Å². The Morgan fingerprint density at radius 2 is 2.10 bits per heavy atom. The largest absolute Gasteiger partial charge is 0.487 e. The van der Waals surface area contributed by atoms with Gasteiger partial charge in [-0.2, -0.15) is 13.2 Å². The van der Waals surface area contributed by atoms with Gasteiger partial charge in [0.25, 0.3) is 0 Å². The van der Waals surface area contributed by atoms with Crippen LogP contribution < -0.4 is 4.74 Å². The molecule has 0 radical (unpaired) electrons. The minimum atomic E-state index is -4.27. The van der Waals surface area contributed by atoms with Crippen LogP contribution in [0.3, 0.4) is 0 Å². The molecule has 0 aromatic heterocycles. The van der Waals surface area contributed by atoms with E-state index in [0.29, 0.717) is 6.42 Å². The van der Waals surface area contributed by atoms with Gasteiger partial charge in [-0.15, -0.1) is 0 Å². The smallest absolute Gasteiger partial charge is 0.411 e. The van der Waals surface area contributed by atoms with E-state index >= 15 is 0 Å². The first-order valence-corrected chi connectivity index (χ1v) is 7.68. The van der Waals surface area contributed by atoms with Crippen molar-refractivity contribution in [3.8, 4) is 5.75 Å². The maximum atomic E-state index is 12.0. The lowest BCUT2D eigenvalue weighted by Gasteiger charge is -2.16. The van der Waals surface area contributed by atoms with E-state index in [-0.39, 0.29) is 17.0 Å². The maximum Gasteiger partial charge on any atom is 0.411 e. The first-order valence-electron chi connectivity index (χ1n) is 6.77. The topological polar surface area (TPSA) is 18.5 Å². The molecule has 1 atom stereocenters. The Morgan fingerprint density at radius 3 is 2.76 bits per heavy atom. The van der Waals surface area contributed by atoms with E-state index in [0.717, 1.165) is 23.3 Å². The monoisotopic (exact) mass is 366 g/mol. The molecule has 1 unspecified atom stereocenters. The van der Waals surface area contributed by atoms with Crippen LogP contribution in [0, 0.1) is 0 Å². The summed E-state index contributed by atoms with van der Waals surface area (Å²) in [7, 11) is 0. The van der Waals surface area contributed by atoms with Gasteiger partial charge in [0.1, 0.15) is 18.0 Å². The van der Waals surface area contributed by atoms with Crippen LogP contribution in [0.1, 0.15) is 36.2 Å². The van der Waals surface area contributed by atoms with Gasteiger partial charge in [-0.3, -0.25) is 0 Å². The van der Waals surface area contributed by atoms with Crippen molar-refractivity contribution in [2.45, 2.75) is 43.3 Å². The highest BCUT2D eigenvalue weighted by atomic mass is 79.9. The van der Waals surface area contributed by atoms with Crippen LogP contribution >= 0.6 is 15.9 Å². The summed E-state index contributed by atoms with van der Waals surface area (Å²) in [4.78, 5) is -0.0280. The number of benzene rings is 1. The van der Waals surface area contributed by atoms with Gasteiger partial charge in [0.05, 0.1) is 0 Å². The SMILES string of the molecule is CC1(C)Cc2cc(C(Br)CCOCC(F)(F)F)ccc2O1. The van der Waals surface area contributed by atoms with Gasteiger partial charge < -0.3 is 9.47 Å². The van der Waals surface area contributed by atoms with Crippen molar-refractivity contribution in [1.29, 1.82) is 0 Å². The van der Waals surface area contributed by atoms with Gasteiger partial charge in [-0.05, 0) is 37.5 Å². The molecule has 1 aromatic carbocycles. The number of rotatable bonds is 5. The molecule has 0 amide bonds. The molecule has 1 aliphatic rings. The van der Waals surface area contributed by atoms with Crippen LogP contribution in [0.5, 0.6) is 5.75 Å². The summed E-state index contributed by atoms with van der Waals surface area (Å²) in [5.41, 5.74) is 1.97. The lowest BCUT2D eigenvalue weighted by molar-refractivity contribution is -0.174. The zero-order valence-electron chi connectivity index (χ0n) is 12.0. The number of alkyl halides is 4. The van der Waals surface area contributed by atoms with E-state index < -0.39 is 12.8 Å². The molecule has 0 N–H and O–H groups in total. The van der Waals surface area contributed by atoms with Crippen LogP contribution in [0.25, 0.3) is 0 Å². The molecule has 1 aliphatic heterocycles. The Kier molecular flexibility index (Phi) is 4.88. The van der Waals surface area contributed by atoms with Crippen LogP contribution in [0.4, 0.5) is 13.2 Å². The van der Waals surface area contributed by atoms with Crippen LogP contribution in [0.15, 0.2) is 18.2 Å². The summed E-state index contributed by atoms with van der Waals surface area (Å²) >= 11 is 3.50. The molecule has 1 aromatic rings. The molecule has 0 spiro atoms. The number of fused-ring (bicyclic) bond motifs is 1. The van der Waals surface area contributed by atoms with E-state index in [1.807, 2.05) is 32.0 Å². The number of hydrogen-bond acceptors (Lipinski definition) is 2. The van der Waals surface area contributed by atoms with Crippen molar-refractivity contribution in [2.24, 2.45) is 0 Å². The summed E-state index contributed by atoms with van der Waals surface area (Å²) < 4.78 is 46.4. The first-order chi connectivity index (χ1) is 9.66. The average molecular weight is 367 g/mol. The molecule has 0 aliphatic carbocycles. The minimum Gasteiger partial charge on any atom is -0.487 e. The van der Waals surface area contributed by atoms with E-state index in [1.165, 1.54) is 0 Å². The molecule has 21 heavy (non-hydrogen) atoms. The molecular weight excluding hydrogens is 349 g/mol. The van der Waals surface area contributed by atoms with E-state index in [2.05, 4.69) is 20.7 Å². The Balaban J connectivity index is 1.88. The highest BCUT2D eigenvalue weighted by Crippen LogP contribution is 2.38. The summed E-state index contributed by atoms with van der Waals surface area (Å²) in [5, 5.41) is 0. The van der Waals surface area contributed by atoms with Gasteiger partial charge in [-0.1, -0.05) is 28.1 Å². The van der Waals surface area contributed by atoms with Gasteiger partial charge in [-0.25, -0.2) is 0 Å². The molecule has 6 heteroatoms. The average Bonchev–Trinajstić information content (AvgIpc) is 2.65. The lowest BCUT2D eigenvalue weighted by atomic mass is 9.99. The second-order valence-electron chi connectivity index (χ2n) is 5.83. The van der Waals surface area contributed by atoms with Crippen molar-refractivity contribution >= 4 is 15.9 Å². The molecule has 0 saturated carbocycles. The summed E-state index contributed by atoms with van der Waals surface area (Å²) in [6, 6.07) is 5.90. The molecular formula is C15H18BrF3O2. The molecule has 0 bridgehead atoms. The van der Waals surface area contributed by atoms with Crippen LogP contribution in [-0.2, 0) is 11.2 Å². The zero-order chi connectivity index (χ0) is 15.7. The molecule has 118 valence electrons. The predicted molar refractivity (Wildman–Crippen MR) is 78.0 cm³/mol. The third-order valence-corrected chi connectivity index (χ3v) is 4.22. The second kappa shape index (κ2) is 6.16. The third kappa shape index (κ3) is 4.88. The van der Waals surface area contributed by atoms with Crippen molar-refractivity contribution in [1.82, 2.24) is 0 Å². The Labute approximate surface area is 130 Å². The normalized spacial score (nSPS) is 18.2. The summed E-state index contributed by atoms with van der Waals surface area (Å²) in [5.74, 6) is 0.886. The molecule has 1 heterocycles. The predicted octanol–water partition coefficient (Wildman–Crippen LogP) is 4.81. The number of hydrogen-bond donors (Lipinski definition) is 0. The Morgan fingerprint density at radius 1 is 1.38 bits per heavy atom. The fourth-order valence-electron chi connectivity index (χ4n) is 2.37. The van der Waals surface area contributed by atoms with Crippen molar-refractivity contribution in [2.75, 3.05) is 13.2 Å². The maximum absolute atomic E-state index is 12.0. The standard InChI is InChI=1S/C15H18BrF3O2/c1-14(2)8-11-7-10(3-4-13(11)21-14)12(16)5-6-20-9-15(17,18)19/h3-4,7,12H,5-6,8-9H2,1-2H3. The van der Waals surface area contributed by atoms with Gasteiger partial charge >= 0.3 is 6.18 Å². The summed E-state index contributed by atoms with van der Waals surface area (Å²) in [6.07, 6.45) is -2.95. The highest BCUT2D eigenvalue weighted by molar-refractivity contribution is 9.09. The first kappa shape index (κ1) is 16.6. The van der Waals surface area contributed by atoms with E-state index in [1.54, 1.807) is 0 Å². The molecule has 0 fully saturated rings.